The Morgan fingerprint density at radius 1 is 1.10 bits per heavy atom. The molecule has 1 heterocycles. The van der Waals surface area contributed by atoms with Gasteiger partial charge < -0.3 is 18.8 Å². The Hall–Kier alpha value is -1.37. The number of amides is 1. The summed E-state index contributed by atoms with van der Waals surface area (Å²) in [6.07, 6.45) is 0.515. The summed E-state index contributed by atoms with van der Waals surface area (Å²) in [5.41, 5.74) is 0.605. The van der Waals surface area contributed by atoms with Crippen LogP contribution in [0.5, 0.6) is 0 Å². The largest absolute Gasteiger partial charge is 0.444 e. The maximum Gasteiger partial charge on any atom is 0.410 e. The van der Waals surface area contributed by atoms with E-state index in [1.165, 1.54) is 0 Å². The summed E-state index contributed by atoms with van der Waals surface area (Å²) in [5, 5.41) is 0.131. The molecule has 164 valence electrons. The van der Waals surface area contributed by atoms with Crippen molar-refractivity contribution in [3.8, 4) is 0 Å². The molecular formula is C23H39NO4Si. The van der Waals surface area contributed by atoms with Gasteiger partial charge in [0.2, 0.25) is 0 Å². The normalized spacial score (nSPS) is 20.8. The van der Waals surface area contributed by atoms with E-state index in [0.29, 0.717) is 19.8 Å². The molecular weight excluding hydrogens is 382 g/mol. The van der Waals surface area contributed by atoms with Gasteiger partial charge in [0.15, 0.2) is 8.32 Å². The third-order valence-corrected chi connectivity index (χ3v) is 10.2. The summed E-state index contributed by atoms with van der Waals surface area (Å²) >= 11 is 0. The van der Waals surface area contributed by atoms with Crippen LogP contribution < -0.4 is 0 Å². The fourth-order valence-corrected chi connectivity index (χ4v) is 4.50. The summed E-state index contributed by atoms with van der Waals surface area (Å²) in [6, 6.07) is 10.1. The van der Waals surface area contributed by atoms with Crippen molar-refractivity contribution in [3.05, 3.63) is 35.9 Å². The summed E-state index contributed by atoms with van der Waals surface area (Å²) in [4.78, 5) is 14.6. The van der Waals surface area contributed by atoms with Gasteiger partial charge in [-0.2, -0.15) is 0 Å². The van der Waals surface area contributed by atoms with E-state index in [4.69, 9.17) is 13.9 Å². The van der Waals surface area contributed by atoms with Gasteiger partial charge in [-0.15, -0.1) is 0 Å². The molecule has 0 aromatic heterocycles. The summed E-state index contributed by atoms with van der Waals surface area (Å²) < 4.78 is 18.2. The first-order valence-corrected chi connectivity index (χ1v) is 13.5. The lowest BCUT2D eigenvalue weighted by Gasteiger charge is -2.38. The van der Waals surface area contributed by atoms with Crippen molar-refractivity contribution < 1.29 is 18.7 Å². The Balaban J connectivity index is 2.04. The predicted octanol–water partition coefficient (Wildman–Crippen LogP) is 5.60. The number of benzene rings is 1. The van der Waals surface area contributed by atoms with Gasteiger partial charge in [0, 0.05) is 6.54 Å². The number of ether oxygens (including phenoxy) is 2. The highest BCUT2D eigenvalue weighted by Crippen LogP contribution is 2.39. The van der Waals surface area contributed by atoms with Gasteiger partial charge >= 0.3 is 6.09 Å². The quantitative estimate of drug-likeness (QED) is 0.561. The molecule has 0 saturated carbocycles. The molecule has 0 bridgehead atoms. The van der Waals surface area contributed by atoms with E-state index in [1.54, 1.807) is 4.90 Å². The van der Waals surface area contributed by atoms with Crippen LogP contribution in [0, 0.1) is 0 Å². The van der Waals surface area contributed by atoms with Crippen molar-refractivity contribution in [3.63, 3.8) is 0 Å². The van der Waals surface area contributed by atoms with E-state index in [0.717, 1.165) is 12.0 Å². The lowest BCUT2D eigenvalue weighted by atomic mass is 10.2. The zero-order chi connectivity index (χ0) is 21.9. The minimum atomic E-state index is -1.91. The number of carbonyl (C=O) groups is 1. The maximum absolute atomic E-state index is 12.8. The molecule has 2 rings (SSSR count). The molecule has 29 heavy (non-hydrogen) atoms. The number of nitrogens with zero attached hydrogens (tertiary/aromatic N) is 1. The average molecular weight is 422 g/mol. The number of rotatable bonds is 6. The highest BCUT2D eigenvalue weighted by Gasteiger charge is 2.44. The van der Waals surface area contributed by atoms with Gasteiger partial charge in [-0.3, -0.25) is 0 Å². The second-order valence-corrected chi connectivity index (χ2v) is 15.3. The van der Waals surface area contributed by atoms with E-state index in [2.05, 4.69) is 33.9 Å². The molecule has 5 nitrogen and oxygen atoms in total. The van der Waals surface area contributed by atoms with Crippen LogP contribution in [0.4, 0.5) is 4.79 Å². The first-order chi connectivity index (χ1) is 13.3. The van der Waals surface area contributed by atoms with Crippen LogP contribution in [0.2, 0.25) is 18.1 Å². The highest BCUT2D eigenvalue weighted by molar-refractivity contribution is 6.74. The van der Waals surface area contributed by atoms with Crippen LogP contribution in [0.15, 0.2) is 30.3 Å². The van der Waals surface area contributed by atoms with Gasteiger partial charge in [-0.1, -0.05) is 51.1 Å². The molecule has 1 aromatic rings. The van der Waals surface area contributed by atoms with Crippen molar-refractivity contribution in [1.29, 1.82) is 0 Å². The van der Waals surface area contributed by atoms with Crippen molar-refractivity contribution in [2.24, 2.45) is 0 Å². The smallest absolute Gasteiger partial charge is 0.410 e. The minimum Gasteiger partial charge on any atom is -0.444 e. The number of hydrogen-bond acceptors (Lipinski definition) is 4. The van der Waals surface area contributed by atoms with Gasteiger partial charge in [0.1, 0.15) is 5.60 Å². The minimum absolute atomic E-state index is 0.0220. The molecule has 0 spiro atoms. The van der Waals surface area contributed by atoms with Crippen molar-refractivity contribution in [2.45, 2.75) is 90.4 Å². The Morgan fingerprint density at radius 3 is 2.28 bits per heavy atom. The highest BCUT2D eigenvalue weighted by atomic mass is 28.4. The van der Waals surface area contributed by atoms with Crippen LogP contribution >= 0.6 is 0 Å². The molecule has 1 aliphatic heterocycles. The Kier molecular flexibility index (Phi) is 7.57. The molecule has 0 aliphatic carbocycles. The standard InChI is InChI=1S/C23H39NO4Si/c1-22(2,3)27-21(25)24-15-20(28-29(7,8)23(4,5)6)14-19(24)17-26-16-18-12-10-9-11-13-18/h9-13,19-20H,14-17H2,1-8H3/t19-,20+/m0/s1. The Morgan fingerprint density at radius 2 is 1.72 bits per heavy atom. The van der Waals surface area contributed by atoms with Crippen molar-refractivity contribution in [1.82, 2.24) is 4.90 Å². The molecule has 1 fully saturated rings. The SMILES string of the molecule is CC(C)(C)OC(=O)N1C[C@H](O[Si](C)(C)C(C)(C)C)C[C@H]1COCc1ccccc1. The summed E-state index contributed by atoms with van der Waals surface area (Å²) in [7, 11) is -1.91. The molecule has 1 saturated heterocycles. The lowest BCUT2D eigenvalue weighted by molar-refractivity contribution is 0.00823. The third kappa shape index (κ3) is 7.12. The van der Waals surface area contributed by atoms with Gasteiger partial charge in [-0.05, 0) is 50.9 Å². The first-order valence-electron chi connectivity index (χ1n) is 10.6. The fourth-order valence-electron chi connectivity index (χ4n) is 3.14. The van der Waals surface area contributed by atoms with Gasteiger partial charge in [0.05, 0.1) is 25.4 Å². The molecule has 0 N–H and O–H groups in total. The van der Waals surface area contributed by atoms with E-state index in [1.807, 2.05) is 51.1 Å². The van der Waals surface area contributed by atoms with E-state index < -0.39 is 13.9 Å². The predicted molar refractivity (Wildman–Crippen MR) is 120 cm³/mol. The molecule has 0 unspecified atom stereocenters. The monoisotopic (exact) mass is 421 g/mol. The van der Waals surface area contributed by atoms with Crippen molar-refractivity contribution in [2.75, 3.05) is 13.2 Å². The van der Waals surface area contributed by atoms with Crippen LogP contribution in [0.1, 0.15) is 53.5 Å². The van der Waals surface area contributed by atoms with E-state index >= 15 is 0 Å². The fraction of sp³-hybridized carbons (Fsp3) is 0.696. The number of hydrogen-bond donors (Lipinski definition) is 0. The molecule has 6 heteroatoms. The first kappa shape index (κ1) is 23.9. The van der Waals surface area contributed by atoms with Crippen LogP contribution in [0.3, 0.4) is 0 Å². The van der Waals surface area contributed by atoms with Crippen LogP contribution in [0.25, 0.3) is 0 Å². The summed E-state index contributed by atoms with van der Waals surface area (Å²) in [5.74, 6) is 0. The second kappa shape index (κ2) is 9.19. The van der Waals surface area contributed by atoms with Crippen LogP contribution in [-0.2, 0) is 20.5 Å². The molecule has 1 aromatic carbocycles. The molecule has 2 atom stereocenters. The van der Waals surface area contributed by atoms with E-state index in [-0.39, 0.29) is 23.3 Å². The second-order valence-electron chi connectivity index (χ2n) is 10.5. The topological polar surface area (TPSA) is 48.0 Å². The zero-order valence-electron chi connectivity index (χ0n) is 19.5. The van der Waals surface area contributed by atoms with Crippen molar-refractivity contribution >= 4 is 14.4 Å². The zero-order valence-corrected chi connectivity index (χ0v) is 20.5. The number of likely N-dealkylation sites (tertiary alicyclic amines) is 1. The Bertz CT molecular complexity index is 664. The maximum atomic E-state index is 12.8. The Labute approximate surface area is 177 Å². The van der Waals surface area contributed by atoms with E-state index in [9.17, 15) is 4.79 Å². The van der Waals surface area contributed by atoms with Gasteiger partial charge in [-0.25, -0.2) is 4.79 Å². The summed E-state index contributed by atoms with van der Waals surface area (Å²) in [6.45, 7) is 18.5. The average Bonchev–Trinajstić information content (AvgIpc) is 2.95. The molecule has 1 amide bonds. The lowest BCUT2D eigenvalue weighted by Crippen LogP contribution is -2.45. The van der Waals surface area contributed by atoms with Gasteiger partial charge in [0.25, 0.3) is 0 Å². The molecule has 1 aliphatic rings. The molecule has 0 radical (unpaired) electrons. The van der Waals surface area contributed by atoms with Crippen LogP contribution in [-0.4, -0.2) is 50.2 Å². The number of carbonyl (C=O) groups excluding carboxylic acids is 1. The third-order valence-electron chi connectivity index (χ3n) is 5.69.